The zero-order valence-corrected chi connectivity index (χ0v) is 12.1. The van der Waals surface area contributed by atoms with Crippen molar-refractivity contribution >= 4 is 15.7 Å². The van der Waals surface area contributed by atoms with Gasteiger partial charge in [-0.05, 0) is 38.0 Å². The molecule has 18 heavy (non-hydrogen) atoms. The molecule has 0 spiro atoms. The fourth-order valence-corrected chi connectivity index (χ4v) is 2.34. The van der Waals surface area contributed by atoms with Crippen LogP contribution in [0.4, 0.5) is 5.69 Å². The van der Waals surface area contributed by atoms with Crippen LogP contribution in [0.25, 0.3) is 0 Å². The van der Waals surface area contributed by atoms with E-state index in [1.807, 2.05) is 6.07 Å². The first-order valence-corrected chi connectivity index (χ1v) is 8.08. The lowest BCUT2D eigenvalue weighted by Gasteiger charge is -2.23. The Morgan fingerprint density at radius 2 is 2.06 bits per heavy atom. The number of nitrogens with one attached hydrogen (secondary N) is 1. The Morgan fingerprint density at radius 3 is 2.61 bits per heavy atom. The first kappa shape index (κ1) is 15.0. The van der Waals surface area contributed by atoms with E-state index >= 15 is 0 Å². The maximum absolute atomic E-state index is 10.9. The minimum atomic E-state index is -3.07. The van der Waals surface area contributed by atoms with Gasteiger partial charge in [0.25, 0.3) is 0 Å². The molecule has 4 nitrogen and oxygen atoms in total. The van der Waals surface area contributed by atoms with E-state index in [9.17, 15) is 8.42 Å². The molecule has 0 aliphatic rings. The quantitative estimate of drug-likeness (QED) is 0.768. The van der Waals surface area contributed by atoms with Gasteiger partial charge in [-0.15, -0.1) is 0 Å². The van der Waals surface area contributed by atoms with Gasteiger partial charge in [-0.1, -0.05) is 12.1 Å². The first-order chi connectivity index (χ1) is 8.42. The van der Waals surface area contributed by atoms with Crippen LogP contribution in [0, 0.1) is 6.92 Å². The number of hydrogen-bond acceptors (Lipinski definition) is 3. The topological polar surface area (TPSA) is 49.4 Å². The fraction of sp³-hybridized carbons (Fsp3) is 0.538. The Labute approximate surface area is 110 Å². The van der Waals surface area contributed by atoms with Crippen LogP contribution in [0.2, 0.25) is 0 Å². The molecule has 0 atom stereocenters. The molecule has 0 saturated heterocycles. The van der Waals surface area contributed by atoms with Crippen molar-refractivity contribution in [3.05, 3.63) is 29.8 Å². The van der Waals surface area contributed by atoms with Crippen molar-refractivity contribution in [3.63, 3.8) is 0 Å². The van der Waals surface area contributed by atoms with Gasteiger partial charge < -0.3 is 4.90 Å². The molecular formula is C13H22N2O2S. The fourth-order valence-electron chi connectivity index (χ4n) is 1.82. The lowest BCUT2D eigenvalue weighted by molar-refractivity contribution is 0.584. The lowest BCUT2D eigenvalue weighted by atomic mass is 10.2. The smallest absolute Gasteiger partial charge is 0.208 e. The van der Waals surface area contributed by atoms with Crippen LogP contribution in [0.1, 0.15) is 18.9 Å². The van der Waals surface area contributed by atoms with Crippen LogP contribution in [0.3, 0.4) is 0 Å². The Bertz CT molecular complexity index is 472. The number of aryl methyl sites for hydroxylation is 1. The third-order valence-corrected chi connectivity index (χ3v) is 3.45. The number of rotatable bonds is 7. The second kappa shape index (κ2) is 6.75. The summed E-state index contributed by atoms with van der Waals surface area (Å²) in [5.41, 5.74) is 2.43. The SMILES string of the molecule is CCN(CCCNS(C)(=O)=O)c1cccc(C)c1. The standard InChI is InChI=1S/C13H22N2O2S/c1-4-15(10-6-9-14-18(3,16)17)13-8-5-7-12(2)11-13/h5,7-8,11,14H,4,6,9-10H2,1-3H3. The normalized spacial score (nSPS) is 11.5. The molecule has 0 aromatic heterocycles. The minimum absolute atomic E-state index is 0.487. The lowest BCUT2D eigenvalue weighted by Crippen LogP contribution is -2.29. The Balaban J connectivity index is 2.48. The summed E-state index contributed by atoms with van der Waals surface area (Å²) < 4.78 is 24.4. The van der Waals surface area contributed by atoms with Crippen molar-refractivity contribution in [2.24, 2.45) is 0 Å². The van der Waals surface area contributed by atoms with Crippen molar-refractivity contribution in [2.45, 2.75) is 20.3 Å². The molecule has 0 aliphatic carbocycles. The highest BCUT2D eigenvalue weighted by molar-refractivity contribution is 7.88. The van der Waals surface area contributed by atoms with Crippen LogP contribution in [-0.2, 0) is 10.0 Å². The van der Waals surface area contributed by atoms with Gasteiger partial charge >= 0.3 is 0 Å². The summed E-state index contributed by atoms with van der Waals surface area (Å²) in [6, 6.07) is 8.35. The van der Waals surface area contributed by atoms with Crippen molar-refractivity contribution in [2.75, 3.05) is 30.8 Å². The third-order valence-electron chi connectivity index (χ3n) is 2.72. The van der Waals surface area contributed by atoms with Gasteiger partial charge in [-0.2, -0.15) is 0 Å². The summed E-state index contributed by atoms with van der Waals surface area (Å²) >= 11 is 0. The summed E-state index contributed by atoms with van der Waals surface area (Å²) in [6.07, 6.45) is 1.99. The molecule has 0 radical (unpaired) electrons. The zero-order chi connectivity index (χ0) is 13.6. The number of hydrogen-bond donors (Lipinski definition) is 1. The summed E-state index contributed by atoms with van der Waals surface area (Å²) in [4.78, 5) is 2.25. The van der Waals surface area contributed by atoms with Crippen molar-refractivity contribution in [1.82, 2.24) is 4.72 Å². The minimum Gasteiger partial charge on any atom is -0.372 e. The van der Waals surface area contributed by atoms with Gasteiger partial charge in [0.2, 0.25) is 10.0 Å². The predicted octanol–water partition coefficient (Wildman–Crippen LogP) is 1.76. The van der Waals surface area contributed by atoms with Crippen LogP contribution in [0.15, 0.2) is 24.3 Å². The highest BCUT2D eigenvalue weighted by Crippen LogP contribution is 2.15. The number of benzene rings is 1. The van der Waals surface area contributed by atoms with Crippen molar-refractivity contribution in [3.8, 4) is 0 Å². The largest absolute Gasteiger partial charge is 0.372 e. The molecular weight excluding hydrogens is 248 g/mol. The zero-order valence-electron chi connectivity index (χ0n) is 11.3. The van der Waals surface area contributed by atoms with E-state index < -0.39 is 10.0 Å². The number of anilines is 1. The van der Waals surface area contributed by atoms with Gasteiger partial charge in [-0.25, -0.2) is 13.1 Å². The molecule has 0 saturated carbocycles. The highest BCUT2D eigenvalue weighted by atomic mass is 32.2. The van der Waals surface area contributed by atoms with E-state index in [0.29, 0.717) is 6.54 Å². The van der Waals surface area contributed by atoms with Gasteiger partial charge in [0.05, 0.1) is 6.26 Å². The van der Waals surface area contributed by atoms with Gasteiger partial charge in [0.1, 0.15) is 0 Å². The third kappa shape index (κ3) is 5.51. The first-order valence-electron chi connectivity index (χ1n) is 6.18. The van der Waals surface area contributed by atoms with E-state index in [1.54, 1.807) is 0 Å². The molecule has 0 aliphatic heterocycles. The average Bonchev–Trinajstić information content (AvgIpc) is 2.27. The van der Waals surface area contributed by atoms with E-state index in [2.05, 4.69) is 41.7 Å². The second-order valence-corrected chi connectivity index (χ2v) is 6.27. The molecule has 102 valence electrons. The second-order valence-electron chi connectivity index (χ2n) is 4.44. The Kier molecular flexibility index (Phi) is 5.62. The van der Waals surface area contributed by atoms with Gasteiger partial charge in [-0.3, -0.25) is 0 Å². The van der Waals surface area contributed by atoms with Crippen LogP contribution in [0.5, 0.6) is 0 Å². The molecule has 1 aromatic carbocycles. The Morgan fingerprint density at radius 1 is 1.33 bits per heavy atom. The summed E-state index contributed by atoms with van der Waals surface area (Å²) in [5.74, 6) is 0. The Hall–Kier alpha value is -1.07. The van der Waals surface area contributed by atoms with Crippen LogP contribution >= 0.6 is 0 Å². The molecule has 0 heterocycles. The average molecular weight is 270 g/mol. The maximum Gasteiger partial charge on any atom is 0.208 e. The summed E-state index contributed by atoms with van der Waals surface area (Å²) in [5, 5.41) is 0. The highest BCUT2D eigenvalue weighted by Gasteiger charge is 2.05. The molecule has 5 heteroatoms. The molecule has 1 rings (SSSR count). The molecule has 0 unspecified atom stereocenters. The number of sulfonamides is 1. The monoisotopic (exact) mass is 270 g/mol. The number of nitrogens with zero attached hydrogens (tertiary/aromatic N) is 1. The predicted molar refractivity (Wildman–Crippen MR) is 76.5 cm³/mol. The van der Waals surface area contributed by atoms with Crippen LogP contribution < -0.4 is 9.62 Å². The molecule has 0 bridgehead atoms. The molecule has 1 N–H and O–H groups in total. The van der Waals surface area contributed by atoms with Crippen molar-refractivity contribution in [1.29, 1.82) is 0 Å². The van der Waals surface area contributed by atoms with E-state index in [0.717, 1.165) is 19.5 Å². The van der Waals surface area contributed by atoms with Gasteiger partial charge in [0.15, 0.2) is 0 Å². The van der Waals surface area contributed by atoms with E-state index in [1.165, 1.54) is 17.5 Å². The molecule has 0 fully saturated rings. The van der Waals surface area contributed by atoms with E-state index in [-0.39, 0.29) is 0 Å². The van der Waals surface area contributed by atoms with Crippen LogP contribution in [-0.4, -0.2) is 34.3 Å². The summed E-state index contributed by atoms with van der Waals surface area (Å²) in [7, 11) is -3.07. The maximum atomic E-state index is 10.9. The molecule has 1 aromatic rings. The van der Waals surface area contributed by atoms with E-state index in [4.69, 9.17) is 0 Å². The summed E-state index contributed by atoms with van der Waals surface area (Å²) in [6.45, 7) is 6.43. The van der Waals surface area contributed by atoms with Gasteiger partial charge in [0, 0.05) is 25.3 Å². The molecule has 0 amide bonds. The van der Waals surface area contributed by atoms with Crippen molar-refractivity contribution < 1.29 is 8.42 Å².